The van der Waals surface area contributed by atoms with Crippen molar-refractivity contribution in [3.8, 4) is 5.88 Å². The number of aryl methyl sites for hydroxylation is 1. The largest absolute Gasteiger partial charge is 0.463 e. The summed E-state index contributed by atoms with van der Waals surface area (Å²) in [5.41, 5.74) is 2.00. The van der Waals surface area contributed by atoms with Gasteiger partial charge >= 0.3 is 5.97 Å². The average Bonchev–Trinajstić information content (AvgIpc) is 3.11. The molecule has 1 amide bonds. The van der Waals surface area contributed by atoms with Gasteiger partial charge in [-0.1, -0.05) is 30.3 Å². The van der Waals surface area contributed by atoms with Crippen LogP contribution in [0.1, 0.15) is 21.7 Å². The van der Waals surface area contributed by atoms with E-state index in [0.29, 0.717) is 11.3 Å². The number of amides is 1. The SMILES string of the molecule is Cc1cc(OCC(=O)OCc2ccc(C(=O)Nc3ccccc3)cc2)no1. The molecule has 7 nitrogen and oxygen atoms in total. The van der Waals surface area contributed by atoms with E-state index in [2.05, 4.69) is 10.5 Å². The number of nitrogens with zero attached hydrogens (tertiary/aromatic N) is 1. The molecule has 3 aromatic rings. The first-order valence-corrected chi connectivity index (χ1v) is 8.27. The van der Waals surface area contributed by atoms with Crippen molar-refractivity contribution in [3.05, 3.63) is 77.6 Å². The maximum absolute atomic E-state index is 12.2. The Morgan fingerprint density at radius 3 is 2.48 bits per heavy atom. The fourth-order valence-corrected chi connectivity index (χ4v) is 2.23. The number of anilines is 1. The van der Waals surface area contributed by atoms with E-state index >= 15 is 0 Å². The van der Waals surface area contributed by atoms with Crippen LogP contribution in [-0.4, -0.2) is 23.6 Å². The lowest BCUT2D eigenvalue weighted by Crippen LogP contribution is -2.15. The van der Waals surface area contributed by atoms with E-state index in [9.17, 15) is 9.59 Å². The quantitative estimate of drug-likeness (QED) is 0.645. The monoisotopic (exact) mass is 366 g/mol. The molecule has 0 radical (unpaired) electrons. The van der Waals surface area contributed by atoms with Gasteiger partial charge < -0.3 is 19.3 Å². The lowest BCUT2D eigenvalue weighted by Gasteiger charge is -2.07. The van der Waals surface area contributed by atoms with Gasteiger partial charge in [-0.15, -0.1) is 0 Å². The van der Waals surface area contributed by atoms with Gasteiger partial charge in [-0.25, -0.2) is 4.79 Å². The molecular weight excluding hydrogens is 348 g/mol. The fourth-order valence-electron chi connectivity index (χ4n) is 2.23. The number of hydrogen-bond acceptors (Lipinski definition) is 6. The molecule has 3 rings (SSSR count). The van der Waals surface area contributed by atoms with Crippen molar-refractivity contribution < 1.29 is 23.6 Å². The molecule has 27 heavy (non-hydrogen) atoms. The summed E-state index contributed by atoms with van der Waals surface area (Å²) in [6.45, 7) is 1.55. The molecule has 0 bridgehead atoms. The number of ether oxygens (including phenoxy) is 2. The maximum atomic E-state index is 12.2. The molecule has 138 valence electrons. The molecule has 0 aliphatic rings. The maximum Gasteiger partial charge on any atom is 0.344 e. The summed E-state index contributed by atoms with van der Waals surface area (Å²) in [5, 5.41) is 6.43. The summed E-state index contributed by atoms with van der Waals surface area (Å²) in [7, 11) is 0. The number of hydrogen-bond donors (Lipinski definition) is 1. The van der Waals surface area contributed by atoms with Crippen LogP contribution >= 0.6 is 0 Å². The summed E-state index contributed by atoms with van der Waals surface area (Å²) in [4.78, 5) is 23.9. The van der Waals surface area contributed by atoms with Crippen LogP contribution in [0.4, 0.5) is 5.69 Å². The molecule has 0 spiro atoms. The minimum absolute atomic E-state index is 0.0839. The zero-order valence-electron chi connectivity index (χ0n) is 14.7. The molecular formula is C20H18N2O5. The number of nitrogens with one attached hydrogen (secondary N) is 1. The van der Waals surface area contributed by atoms with Crippen molar-refractivity contribution in [2.24, 2.45) is 0 Å². The highest BCUT2D eigenvalue weighted by Gasteiger charge is 2.09. The second-order valence-electron chi connectivity index (χ2n) is 5.74. The highest BCUT2D eigenvalue weighted by Crippen LogP contribution is 2.12. The number of para-hydroxylation sites is 1. The van der Waals surface area contributed by atoms with Crippen LogP contribution in [0.25, 0.3) is 0 Å². The lowest BCUT2D eigenvalue weighted by atomic mass is 10.1. The molecule has 0 atom stereocenters. The number of aromatic nitrogens is 1. The Balaban J connectivity index is 1.45. The van der Waals surface area contributed by atoms with Crippen molar-refractivity contribution in [2.75, 3.05) is 11.9 Å². The molecule has 0 saturated heterocycles. The molecule has 0 unspecified atom stereocenters. The standard InChI is InChI=1S/C20H18N2O5/c1-14-11-18(22-27-14)25-13-19(23)26-12-15-7-9-16(10-8-15)20(24)21-17-5-3-2-4-6-17/h2-11H,12-13H2,1H3,(H,21,24). The van der Waals surface area contributed by atoms with Gasteiger partial charge in [0.1, 0.15) is 12.4 Å². The Kier molecular flexibility index (Phi) is 5.84. The molecule has 2 aromatic carbocycles. The number of benzene rings is 2. The van der Waals surface area contributed by atoms with Crippen LogP contribution in [0, 0.1) is 6.92 Å². The van der Waals surface area contributed by atoms with E-state index in [1.165, 1.54) is 0 Å². The molecule has 0 saturated carbocycles. The first kappa shape index (κ1) is 18.2. The number of carbonyl (C=O) groups excluding carboxylic acids is 2. The average molecular weight is 366 g/mol. The Morgan fingerprint density at radius 2 is 1.81 bits per heavy atom. The Hall–Kier alpha value is -3.61. The van der Waals surface area contributed by atoms with Crippen LogP contribution in [0.3, 0.4) is 0 Å². The van der Waals surface area contributed by atoms with Gasteiger partial charge in [0.2, 0.25) is 0 Å². The topological polar surface area (TPSA) is 90.7 Å². The predicted octanol–water partition coefficient (Wildman–Crippen LogP) is 3.36. The third kappa shape index (κ3) is 5.43. The summed E-state index contributed by atoms with van der Waals surface area (Å²) in [6, 6.07) is 17.6. The van der Waals surface area contributed by atoms with Gasteiger partial charge in [0.05, 0.1) is 0 Å². The van der Waals surface area contributed by atoms with E-state index < -0.39 is 5.97 Å². The Bertz CT molecular complexity index is 904. The van der Waals surface area contributed by atoms with Crippen molar-refractivity contribution in [1.82, 2.24) is 5.16 Å². The van der Waals surface area contributed by atoms with Crippen molar-refractivity contribution in [3.63, 3.8) is 0 Å². The van der Waals surface area contributed by atoms with Gasteiger partial charge in [0, 0.05) is 17.3 Å². The first-order valence-electron chi connectivity index (χ1n) is 8.27. The smallest absolute Gasteiger partial charge is 0.344 e. The Labute approximate surface area is 155 Å². The van der Waals surface area contributed by atoms with Crippen LogP contribution in [0.5, 0.6) is 5.88 Å². The molecule has 7 heteroatoms. The zero-order chi connectivity index (χ0) is 19.1. The minimum Gasteiger partial charge on any atom is -0.463 e. The summed E-state index contributed by atoms with van der Waals surface area (Å²) in [6.07, 6.45) is 0. The van der Waals surface area contributed by atoms with Gasteiger partial charge in [-0.3, -0.25) is 4.79 Å². The molecule has 0 fully saturated rings. The third-order valence-electron chi connectivity index (χ3n) is 3.59. The third-order valence-corrected chi connectivity index (χ3v) is 3.59. The van der Waals surface area contributed by atoms with Crippen molar-refractivity contribution in [1.29, 1.82) is 0 Å². The molecule has 1 aromatic heterocycles. The minimum atomic E-state index is -0.526. The van der Waals surface area contributed by atoms with Crippen LogP contribution in [0.15, 0.2) is 65.2 Å². The molecule has 1 heterocycles. The van der Waals surface area contributed by atoms with Crippen LogP contribution < -0.4 is 10.1 Å². The summed E-state index contributed by atoms with van der Waals surface area (Å²) >= 11 is 0. The predicted molar refractivity (Wildman–Crippen MR) is 97.4 cm³/mol. The van der Waals surface area contributed by atoms with E-state index in [-0.39, 0.29) is 25.0 Å². The van der Waals surface area contributed by atoms with E-state index in [1.54, 1.807) is 37.3 Å². The highest BCUT2D eigenvalue weighted by atomic mass is 16.6. The van der Waals surface area contributed by atoms with Gasteiger partial charge in [-0.05, 0) is 41.9 Å². The van der Waals surface area contributed by atoms with E-state index in [0.717, 1.165) is 11.3 Å². The van der Waals surface area contributed by atoms with Gasteiger partial charge in [0.25, 0.3) is 11.8 Å². The first-order chi connectivity index (χ1) is 13.1. The van der Waals surface area contributed by atoms with Crippen molar-refractivity contribution >= 4 is 17.6 Å². The zero-order valence-corrected chi connectivity index (χ0v) is 14.7. The van der Waals surface area contributed by atoms with Crippen LogP contribution in [-0.2, 0) is 16.1 Å². The fraction of sp³-hybridized carbons (Fsp3) is 0.150. The van der Waals surface area contributed by atoms with E-state index in [1.807, 2.05) is 30.3 Å². The number of rotatable bonds is 7. The van der Waals surface area contributed by atoms with Crippen molar-refractivity contribution in [2.45, 2.75) is 13.5 Å². The Morgan fingerprint density at radius 1 is 1.07 bits per heavy atom. The molecule has 1 N–H and O–H groups in total. The van der Waals surface area contributed by atoms with E-state index in [4.69, 9.17) is 14.0 Å². The van der Waals surface area contributed by atoms with Gasteiger partial charge in [0.15, 0.2) is 6.61 Å². The normalized spacial score (nSPS) is 10.3. The molecule has 0 aliphatic carbocycles. The van der Waals surface area contributed by atoms with Gasteiger partial charge in [-0.2, -0.15) is 0 Å². The highest BCUT2D eigenvalue weighted by molar-refractivity contribution is 6.04. The second-order valence-corrected chi connectivity index (χ2v) is 5.74. The lowest BCUT2D eigenvalue weighted by molar-refractivity contribution is -0.147. The summed E-state index contributed by atoms with van der Waals surface area (Å²) in [5.74, 6) is 0.0931. The number of esters is 1. The molecule has 0 aliphatic heterocycles. The second kappa shape index (κ2) is 8.66. The van der Waals surface area contributed by atoms with Crippen LogP contribution in [0.2, 0.25) is 0 Å². The number of carbonyl (C=O) groups is 2. The summed E-state index contributed by atoms with van der Waals surface area (Å²) < 4.78 is 15.1.